The van der Waals surface area contributed by atoms with Crippen molar-refractivity contribution in [1.29, 1.82) is 0 Å². The van der Waals surface area contributed by atoms with Crippen molar-refractivity contribution in [2.75, 3.05) is 0 Å². The van der Waals surface area contributed by atoms with E-state index in [0.29, 0.717) is 6.54 Å². The number of rotatable bonds is 3. The molecule has 0 atom stereocenters. The molecule has 1 aromatic heterocycles. The Morgan fingerprint density at radius 2 is 1.64 bits per heavy atom. The monoisotopic (exact) mass is 535 g/mol. The summed E-state index contributed by atoms with van der Waals surface area (Å²) in [6, 6.07) is 8.15. The molecule has 0 saturated carbocycles. The van der Waals surface area contributed by atoms with Crippen molar-refractivity contribution in [3.8, 4) is 0 Å². The van der Waals surface area contributed by atoms with Crippen LogP contribution >= 0.6 is 31.9 Å². The first-order valence-corrected chi connectivity index (χ1v) is 8.70. The van der Waals surface area contributed by atoms with Gasteiger partial charge in [-0.2, -0.15) is 4.57 Å². The normalized spacial score (nSPS) is 13.2. The highest BCUT2D eigenvalue weighted by molar-refractivity contribution is 9.11. The minimum absolute atomic E-state index is 0. The molecule has 116 valence electrons. The summed E-state index contributed by atoms with van der Waals surface area (Å²) in [5.41, 5.74) is 3.59. The third-order valence-corrected chi connectivity index (χ3v) is 4.72. The number of Topliss-reactive ketones (excluding diaryl/α,β-unsaturated/α-hetero) is 1. The van der Waals surface area contributed by atoms with Gasteiger partial charge in [0.05, 0.1) is 8.95 Å². The Balaban J connectivity index is 0.00000176. The first kappa shape index (κ1) is 18.1. The van der Waals surface area contributed by atoms with Crippen LogP contribution in [-0.2, 0) is 19.4 Å². The maximum atomic E-state index is 12.5. The van der Waals surface area contributed by atoms with E-state index in [9.17, 15) is 4.79 Å². The van der Waals surface area contributed by atoms with Gasteiger partial charge in [-0.05, 0) is 80.8 Å². The summed E-state index contributed by atoms with van der Waals surface area (Å²) in [5.74, 6) is 0.151. The number of halogens is 3. The molecular formula is C17H16Br2INO. The molecule has 0 amide bonds. The van der Waals surface area contributed by atoms with Gasteiger partial charge in [0, 0.05) is 5.56 Å². The lowest BCUT2D eigenvalue weighted by atomic mass is 9.90. The summed E-state index contributed by atoms with van der Waals surface area (Å²) >= 11 is 6.89. The second-order valence-corrected chi connectivity index (χ2v) is 7.29. The van der Waals surface area contributed by atoms with E-state index in [1.807, 2.05) is 29.1 Å². The van der Waals surface area contributed by atoms with E-state index in [0.717, 1.165) is 27.4 Å². The highest BCUT2D eigenvalue weighted by Gasteiger charge is 2.16. The molecule has 0 bridgehead atoms. The van der Waals surface area contributed by atoms with Crippen LogP contribution in [0.25, 0.3) is 0 Å². The van der Waals surface area contributed by atoms with Crippen molar-refractivity contribution in [3.63, 3.8) is 0 Å². The standard InChI is InChI=1S/C17H16Br2NO.HI/c18-15-8-16(19)10-20(9-15)11-17(21)14-6-5-12-3-1-2-4-13(12)7-14;/h5-10H,1-4,11H2;1H/q+1;/p-1. The maximum Gasteiger partial charge on any atom is 0.227 e. The van der Waals surface area contributed by atoms with Gasteiger partial charge in [-0.15, -0.1) is 0 Å². The smallest absolute Gasteiger partial charge is 0.227 e. The number of carbonyl (C=O) groups is 1. The van der Waals surface area contributed by atoms with Crippen LogP contribution in [0.4, 0.5) is 0 Å². The van der Waals surface area contributed by atoms with Gasteiger partial charge in [0.2, 0.25) is 12.3 Å². The summed E-state index contributed by atoms with van der Waals surface area (Å²) in [4.78, 5) is 12.5. The Hall–Kier alpha value is -0.270. The van der Waals surface area contributed by atoms with Crippen molar-refractivity contribution >= 4 is 37.6 Å². The van der Waals surface area contributed by atoms with Gasteiger partial charge in [0.25, 0.3) is 0 Å². The number of aromatic nitrogens is 1. The van der Waals surface area contributed by atoms with Crippen LogP contribution in [0, 0.1) is 0 Å². The number of carbonyl (C=O) groups excluding carboxylic acids is 1. The minimum atomic E-state index is 0. The highest BCUT2D eigenvalue weighted by atomic mass is 127. The number of ketones is 1. The van der Waals surface area contributed by atoms with Gasteiger partial charge in [-0.1, -0.05) is 12.1 Å². The third-order valence-electron chi connectivity index (χ3n) is 3.85. The Morgan fingerprint density at radius 3 is 2.32 bits per heavy atom. The average Bonchev–Trinajstić information content (AvgIpc) is 2.45. The zero-order valence-electron chi connectivity index (χ0n) is 12.0. The van der Waals surface area contributed by atoms with Crippen LogP contribution in [0.2, 0.25) is 0 Å². The molecule has 3 rings (SSSR count). The first-order chi connectivity index (χ1) is 10.1. The second-order valence-electron chi connectivity index (χ2n) is 5.46. The van der Waals surface area contributed by atoms with Crippen LogP contribution in [0.3, 0.4) is 0 Å². The lowest BCUT2D eigenvalue weighted by Crippen LogP contribution is -3.00. The van der Waals surface area contributed by atoms with Crippen LogP contribution < -0.4 is 28.5 Å². The molecule has 0 spiro atoms. The Morgan fingerprint density at radius 1 is 1.00 bits per heavy atom. The summed E-state index contributed by atoms with van der Waals surface area (Å²) < 4.78 is 3.81. The fourth-order valence-electron chi connectivity index (χ4n) is 2.82. The number of hydrogen-bond donors (Lipinski definition) is 0. The van der Waals surface area contributed by atoms with Gasteiger partial charge in [-0.25, -0.2) is 0 Å². The van der Waals surface area contributed by atoms with E-state index in [4.69, 9.17) is 0 Å². The molecule has 0 fully saturated rings. The fourth-order valence-corrected chi connectivity index (χ4v) is 4.14. The molecular weight excluding hydrogens is 521 g/mol. The summed E-state index contributed by atoms with van der Waals surface area (Å²) in [7, 11) is 0. The molecule has 0 aliphatic heterocycles. The lowest BCUT2D eigenvalue weighted by Gasteiger charge is -2.15. The zero-order chi connectivity index (χ0) is 14.8. The lowest BCUT2D eigenvalue weighted by molar-refractivity contribution is -0.684. The van der Waals surface area contributed by atoms with Crippen LogP contribution in [-0.4, -0.2) is 5.78 Å². The molecule has 0 N–H and O–H groups in total. The highest BCUT2D eigenvalue weighted by Crippen LogP contribution is 2.22. The Bertz CT molecular complexity index is 683. The molecule has 0 radical (unpaired) electrons. The average molecular weight is 537 g/mol. The largest absolute Gasteiger partial charge is 1.00 e. The molecule has 0 saturated heterocycles. The summed E-state index contributed by atoms with van der Waals surface area (Å²) in [5, 5.41) is 0. The minimum Gasteiger partial charge on any atom is -1.00 e. The summed E-state index contributed by atoms with van der Waals surface area (Å²) in [6.45, 7) is 0.358. The molecule has 1 aliphatic carbocycles. The summed E-state index contributed by atoms with van der Waals surface area (Å²) in [6.07, 6.45) is 8.59. The number of nitrogens with zero attached hydrogens (tertiary/aromatic N) is 1. The third kappa shape index (κ3) is 4.38. The molecule has 2 nitrogen and oxygen atoms in total. The quantitative estimate of drug-likeness (QED) is 0.329. The molecule has 5 heteroatoms. The number of benzene rings is 1. The number of pyridine rings is 1. The van der Waals surface area contributed by atoms with Crippen molar-refractivity contribution in [2.24, 2.45) is 0 Å². The molecule has 22 heavy (non-hydrogen) atoms. The maximum absolute atomic E-state index is 12.5. The van der Waals surface area contributed by atoms with Crippen LogP contribution in [0.5, 0.6) is 0 Å². The van der Waals surface area contributed by atoms with Gasteiger partial charge in [0.1, 0.15) is 0 Å². The van der Waals surface area contributed by atoms with Gasteiger partial charge in [-0.3, -0.25) is 4.79 Å². The van der Waals surface area contributed by atoms with E-state index in [1.165, 1.54) is 24.0 Å². The van der Waals surface area contributed by atoms with Crippen LogP contribution in [0.15, 0.2) is 45.6 Å². The zero-order valence-corrected chi connectivity index (χ0v) is 17.3. The molecule has 0 unspecified atom stereocenters. The van der Waals surface area contributed by atoms with E-state index in [-0.39, 0.29) is 29.8 Å². The molecule has 1 heterocycles. The molecule has 1 aliphatic rings. The number of fused-ring (bicyclic) bond motifs is 1. The van der Waals surface area contributed by atoms with Crippen molar-refractivity contribution in [2.45, 2.75) is 32.2 Å². The predicted molar refractivity (Wildman–Crippen MR) is 89.5 cm³/mol. The van der Waals surface area contributed by atoms with Gasteiger partial charge >= 0.3 is 0 Å². The first-order valence-electron chi connectivity index (χ1n) is 7.12. The van der Waals surface area contributed by atoms with E-state index in [2.05, 4.69) is 44.0 Å². The van der Waals surface area contributed by atoms with Crippen molar-refractivity contribution < 1.29 is 33.3 Å². The van der Waals surface area contributed by atoms with Gasteiger partial charge in [0.15, 0.2) is 12.4 Å². The Kier molecular flexibility index (Phi) is 6.58. The topological polar surface area (TPSA) is 20.9 Å². The van der Waals surface area contributed by atoms with E-state index < -0.39 is 0 Å². The number of aryl methyl sites for hydroxylation is 2. The predicted octanol–water partition coefficient (Wildman–Crippen LogP) is 1.26. The number of hydrogen-bond acceptors (Lipinski definition) is 1. The van der Waals surface area contributed by atoms with Crippen molar-refractivity contribution in [3.05, 3.63) is 62.3 Å². The second kappa shape index (κ2) is 8.02. The molecule has 2 aromatic rings. The van der Waals surface area contributed by atoms with Gasteiger partial charge < -0.3 is 24.0 Å². The van der Waals surface area contributed by atoms with E-state index in [1.54, 1.807) is 0 Å². The Labute approximate surface area is 164 Å². The van der Waals surface area contributed by atoms with E-state index >= 15 is 0 Å². The van der Waals surface area contributed by atoms with Crippen molar-refractivity contribution in [1.82, 2.24) is 0 Å². The SMILES string of the molecule is O=C(C[n+]1cc(Br)cc(Br)c1)c1ccc2c(c1)CCCC2.[I-]. The van der Waals surface area contributed by atoms with Crippen LogP contribution in [0.1, 0.15) is 34.3 Å². The fraction of sp³-hybridized carbons (Fsp3) is 0.294. The molecule has 1 aromatic carbocycles.